The molecule has 4 heterocycles. The van der Waals surface area contributed by atoms with Crippen LogP contribution in [0.3, 0.4) is 0 Å². The average molecular weight is 532 g/mol. The fourth-order valence-corrected chi connectivity index (χ4v) is 5.19. The minimum atomic E-state index is -0.807. The van der Waals surface area contributed by atoms with Gasteiger partial charge in [0.25, 0.3) is 0 Å². The second-order valence-electron chi connectivity index (χ2n) is 11.4. The van der Waals surface area contributed by atoms with E-state index >= 15 is 0 Å². The Morgan fingerprint density at radius 3 is 2.61 bits per heavy atom. The third-order valence-corrected chi connectivity index (χ3v) is 7.13. The zero-order valence-electron chi connectivity index (χ0n) is 22.7. The van der Waals surface area contributed by atoms with Crippen LogP contribution >= 0.6 is 0 Å². The third-order valence-electron chi connectivity index (χ3n) is 7.13. The zero-order chi connectivity index (χ0) is 27.2. The minimum absolute atomic E-state index is 0.0671. The van der Waals surface area contributed by atoms with Crippen LogP contribution in [0.25, 0.3) is 11.0 Å². The molecule has 2 aliphatic heterocycles. The molecule has 38 heavy (non-hydrogen) atoms. The number of hydrogen-bond donors (Lipinski definition) is 1. The fraction of sp³-hybridized carbons (Fsp3) is 0.731. The van der Waals surface area contributed by atoms with Crippen LogP contribution in [0, 0.1) is 11.8 Å². The van der Waals surface area contributed by atoms with Crippen molar-refractivity contribution in [2.45, 2.75) is 103 Å². The van der Waals surface area contributed by atoms with E-state index in [0.29, 0.717) is 17.8 Å². The number of carbonyl (C=O) groups is 2. The molecule has 6 atom stereocenters. The molecule has 2 aromatic rings. The van der Waals surface area contributed by atoms with E-state index < -0.39 is 30.3 Å². The lowest BCUT2D eigenvalue weighted by Gasteiger charge is -2.25. The summed E-state index contributed by atoms with van der Waals surface area (Å²) in [6, 6.07) is 0.0875. The highest BCUT2D eigenvalue weighted by molar-refractivity contribution is 5.85. The Hall–Kier alpha value is -2.83. The van der Waals surface area contributed by atoms with Gasteiger partial charge in [-0.3, -0.25) is 14.2 Å². The van der Waals surface area contributed by atoms with Gasteiger partial charge in [0, 0.05) is 12.5 Å². The summed E-state index contributed by atoms with van der Waals surface area (Å²) in [4.78, 5) is 28.7. The molecule has 0 aromatic carbocycles. The van der Waals surface area contributed by atoms with E-state index in [1.54, 1.807) is 26.4 Å². The number of imidazole rings is 1. The number of esters is 2. The van der Waals surface area contributed by atoms with Gasteiger partial charge in [-0.1, -0.05) is 27.7 Å². The lowest BCUT2D eigenvalue weighted by atomic mass is 10.1. The van der Waals surface area contributed by atoms with Crippen molar-refractivity contribution < 1.29 is 33.3 Å². The number of fused-ring (bicyclic) bond motifs is 2. The van der Waals surface area contributed by atoms with E-state index in [0.717, 1.165) is 18.4 Å². The Balaban J connectivity index is 1.32. The molecule has 1 N–H and O–H groups in total. The van der Waals surface area contributed by atoms with Gasteiger partial charge in [-0.2, -0.15) is 5.10 Å². The first-order chi connectivity index (χ1) is 18.0. The number of nitrogens with one attached hydrogen (secondary N) is 1. The van der Waals surface area contributed by atoms with E-state index in [1.807, 2.05) is 32.3 Å². The topological polar surface area (TPSA) is 136 Å². The van der Waals surface area contributed by atoms with Gasteiger partial charge >= 0.3 is 11.9 Å². The number of rotatable bonds is 8. The average Bonchev–Trinajstić information content (AvgIpc) is 3.61. The molecule has 1 aliphatic carbocycles. The molecule has 2 aromatic heterocycles. The van der Waals surface area contributed by atoms with Crippen molar-refractivity contribution in [3.63, 3.8) is 0 Å². The van der Waals surface area contributed by atoms with Gasteiger partial charge in [0.05, 0.1) is 29.9 Å². The molecular formula is C26H37N5O7. The summed E-state index contributed by atoms with van der Waals surface area (Å²) in [7, 11) is 0. The Bertz CT molecular complexity index is 1180. The SMILES string of the molecule is CC(C)C(=O)OCC1OC(n2cnc3c(N[C@@H]4CC[C@@H](OC(=O)C(C)C)C4)nncc32)[C@@H]2OC(C)(C)O[C@H]12. The highest BCUT2D eigenvalue weighted by Gasteiger charge is 2.56. The molecule has 0 spiro atoms. The number of ether oxygens (including phenoxy) is 5. The van der Waals surface area contributed by atoms with Gasteiger partial charge in [-0.05, 0) is 26.7 Å². The van der Waals surface area contributed by atoms with Crippen LogP contribution in [-0.2, 0) is 33.3 Å². The van der Waals surface area contributed by atoms with E-state index in [2.05, 4.69) is 20.5 Å². The van der Waals surface area contributed by atoms with Gasteiger partial charge in [-0.15, -0.1) is 5.10 Å². The van der Waals surface area contributed by atoms with Crippen molar-refractivity contribution in [2.75, 3.05) is 11.9 Å². The smallest absolute Gasteiger partial charge is 0.308 e. The van der Waals surface area contributed by atoms with E-state index in [9.17, 15) is 9.59 Å². The number of nitrogens with zero attached hydrogens (tertiary/aromatic N) is 4. The lowest BCUT2D eigenvalue weighted by Crippen LogP contribution is -2.34. The molecule has 2 unspecified atom stereocenters. The predicted molar refractivity (Wildman–Crippen MR) is 135 cm³/mol. The van der Waals surface area contributed by atoms with Crippen LogP contribution in [-0.4, -0.2) is 74.5 Å². The van der Waals surface area contributed by atoms with Crippen molar-refractivity contribution in [1.82, 2.24) is 19.7 Å². The van der Waals surface area contributed by atoms with Crippen molar-refractivity contribution in [2.24, 2.45) is 11.8 Å². The summed E-state index contributed by atoms with van der Waals surface area (Å²) >= 11 is 0. The monoisotopic (exact) mass is 531 g/mol. The fourth-order valence-electron chi connectivity index (χ4n) is 5.19. The number of anilines is 1. The first-order valence-electron chi connectivity index (χ1n) is 13.4. The molecule has 5 rings (SSSR count). The molecule has 2 saturated heterocycles. The van der Waals surface area contributed by atoms with E-state index in [-0.39, 0.29) is 42.5 Å². The Morgan fingerprint density at radius 1 is 1.13 bits per heavy atom. The summed E-state index contributed by atoms with van der Waals surface area (Å²) in [5.74, 6) is -1.10. The van der Waals surface area contributed by atoms with Gasteiger partial charge in [-0.25, -0.2) is 4.98 Å². The molecule has 3 aliphatic rings. The standard InChI is InChI=1S/C26H37N5O7/c1-13(2)24(32)34-11-18-20-21(38-26(5,6)37-20)23(36-18)31-12-27-19-17(31)10-28-30-22(19)29-15-7-8-16(9-15)35-25(33)14(3)4/h10,12-16,18,20-21,23H,7-9,11H2,1-6H3,(H,29,30)/t15-,16-,18?,20-,21-,23?/m1/s1. The maximum Gasteiger partial charge on any atom is 0.308 e. The van der Waals surface area contributed by atoms with Crippen molar-refractivity contribution in [3.8, 4) is 0 Å². The minimum Gasteiger partial charge on any atom is -0.463 e. The summed E-state index contributed by atoms with van der Waals surface area (Å²) < 4.78 is 31.6. The second kappa shape index (κ2) is 10.4. The molecule has 0 amide bonds. The summed E-state index contributed by atoms with van der Waals surface area (Å²) in [6.45, 7) is 11.0. The molecule has 12 nitrogen and oxygen atoms in total. The largest absolute Gasteiger partial charge is 0.463 e. The first-order valence-corrected chi connectivity index (χ1v) is 13.4. The zero-order valence-corrected chi connectivity index (χ0v) is 22.7. The number of carbonyl (C=O) groups excluding carboxylic acids is 2. The van der Waals surface area contributed by atoms with Gasteiger partial charge in [0.2, 0.25) is 0 Å². The van der Waals surface area contributed by atoms with Gasteiger partial charge < -0.3 is 29.0 Å². The van der Waals surface area contributed by atoms with Crippen molar-refractivity contribution in [1.29, 1.82) is 0 Å². The lowest BCUT2D eigenvalue weighted by molar-refractivity contribution is -0.202. The maximum atomic E-state index is 12.1. The molecule has 1 saturated carbocycles. The van der Waals surface area contributed by atoms with Crippen LogP contribution in [0.1, 0.15) is 67.0 Å². The second-order valence-corrected chi connectivity index (χ2v) is 11.4. The Labute approximate surface area is 221 Å². The van der Waals surface area contributed by atoms with Crippen LogP contribution in [0.4, 0.5) is 5.82 Å². The molecule has 3 fully saturated rings. The molecule has 0 bridgehead atoms. The van der Waals surface area contributed by atoms with E-state index in [1.165, 1.54) is 0 Å². The van der Waals surface area contributed by atoms with E-state index in [4.69, 9.17) is 23.7 Å². The van der Waals surface area contributed by atoms with Gasteiger partial charge in [0.1, 0.15) is 36.5 Å². The summed E-state index contributed by atoms with van der Waals surface area (Å²) in [5, 5.41) is 11.9. The van der Waals surface area contributed by atoms with Crippen LogP contribution < -0.4 is 5.32 Å². The Morgan fingerprint density at radius 2 is 1.87 bits per heavy atom. The normalized spacial score (nSPS) is 30.2. The molecule has 0 radical (unpaired) electrons. The summed E-state index contributed by atoms with van der Waals surface area (Å²) in [5.41, 5.74) is 1.37. The maximum absolute atomic E-state index is 12.1. The number of hydrogen-bond acceptors (Lipinski definition) is 11. The Kier molecular flexibility index (Phi) is 7.31. The van der Waals surface area contributed by atoms with Crippen molar-refractivity contribution in [3.05, 3.63) is 12.5 Å². The van der Waals surface area contributed by atoms with Gasteiger partial charge in [0.15, 0.2) is 17.8 Å². The number of aromatic nitrogens is 4. The highest BCUT2D eigenvalue weighted by atomic mass is 16.8. The van der Waals surface area contributed by atoms with Crippen LogP contribution in [0.5, 0.6) is 0 Å². The quantitative estimate of drug-likeness (QED) is 0.504. The molecule has 208 valence electrons. The van der Waals surface area contributed by atoms with Crippen LogP contribution in [0.2, 0.25) is 0 Å². The molecule has 12 heteroatoms. The van der Waals surface area contributed by atoms with Crippen LogP contribution in [0.15, 0.2) is 12.5 Å². The predicted octanol–water partition coefficient (Wildman–Crippen LogP) is 2.98. The highest BCUT2D eigenvalue weighted by Crippen LogP contribution is 2.44. The third kappa shape index (κ3) is 5.34. The first kappa shape index (κ1) is 26.8. The van der Waals surface area contributed by atoms with Crippen molar-refractivity contribution >= 4 is 28.8 Å². The summed E-state index contributed by atoms with van der Waals surface area (Å²) in [6.07, 6.45) is 3.65. The molecular weight excluding hydrogens is 494 g/mol.